The Kier molecular flexibility index (Phi) is 6.87. The average molecular weight is 401 g/mol. The molecule has 0 saturated heterocycles. The van der Waals surface area contributed by atoms with Gasteiger partial charge in [0.2, 0.25) is 0 Å². The molecule has 0 saturated carbocycles. The highest BCUT2D eigenvalue weighted by molar-refractivity contribution is 5.85. The fourth-order valence-corrected chi connectivity index (χ4v) is 3.38. The lowest BCUT2D eigenvalue weighted by Gasteiger charge is -2.22. The average Bonchev–Trinajstić information content (AvgIpc) is 2.76. The molecule has 0 amide bonds. The zero-order valence-corrected chi connectivity index (χ0v) is 17.4. The van der Waals surface area contributed by atoms with E-state index in [1.807, 2.05) is 36.4 Å². The van der Waals surface area contributed by atoms with Crippen LogP contribution in [0, 0.1) is 17.1 Å². The summed E-state index contributed by atoms with van der Waals surface area (Å²) in [7, 11) is 1.61. The van der Waals surface area contributed by atoms with Crippen molar-refractivity contribution in [3.8, 4) is 28.7 Å². The first kappa shape index (κ1) is 21.1. The second kappa shape index (κ2) is 9.76. The van der Waals surface area contributed by atoms with Gasteiger partial charge in [-0.3, -0.25) is 0 Å². The van der Waals surface area contributed by atoms with Crippen LogP contribution in [0.4, 0.5) is 4.39 Å². The van der Waals surface area contributed by atoms with Crippen molar-refractivity contribution in [3.05, 3.63) is 89.2 Å². The molecule has 4 heteroatoms. The summed E-state index contributed by atoms with van der Waals surface area (Å²) in [5, 5.41) is 9.13. The molecule has 0 unspecified atom stereocenters. The Morgan fingerprint density at radius 1 is 1.07 bits per heavy atom. The van der Waals surface area contributed by atoms with Crippen LogP contribution in [-0.2, 0) is 6.61 Å². The molecule has 0 atom stereocenters. The molecule has 0 fully saturated rings. The van der Waals surface area contributed by atoms with E-state index >= 15 is 0 Å². The van der Waals surface area contributed by atoms with Gasteiger partial charge >= 0.3 is 0 Å². The van der Waals surface area contributed by atoms with Gasteiger partial charge in [-0.15, -0.1) is 0 Å². The molecular formula is C26H24FNO2. The highest BCUT2D eigenvalue weighted by Gasteiger charge is 2.22. The summed E-state index contributed by atoms with van der Waals surface area (Å²) in [6, 6.07) is 20.1. The maximum Gasteiger partial charge on any atom is 0.170 e. The number of allylic oxidation sites excluding steroid dienone is 1. The van der Waals surface area contributed by atoms with E-state index in [9.17, 15) is 4.39 Å². The monoisotopic (exact) mass is 401 g/mol. The van der Waals surface area contributed by atoms with Crippen molar-refractivity contribution < 1.29 is 13.9 Å². The van der Waals surface area contributed by atoms with Gasteiger partial charge in [0, 0.05) is 11.6 Å². The number of nitrogens with zero attached hydrogens (tertiary/aromatic N) is 1. The third-order valence-electron chi connectivity index (χ3n) is 4.84. The first-order chi connectivity index (χ1) is 14.5. The summed E-state index contributed by atoms with van der Waals surface area (Å²) in [4.78, 5) is 0. The normalized spacial score (nSPS) is 10.9. The van der Waals surface area contributed by atoms with Crippen molar-refractivity contribution in [2.75, 3.05) is 7.11 Å². The summed E-state index contributed by atoms with van der Waals surface area (Å²) in [6.45, 7) is 4.52. The number of benzene rings is 3. The Labute approximate surface area is 177 Å². The van der Waals surface area contributed by atoms with Crippen LogP contribution in [0.25, 0.3) is 17.2 Å². The molecule has 3 rings (SSSR count). The van der Waals surface area contributed by atoms with E-state index < -0.39 is 0 Å². The smallest absolute Gasteiger partial charge is 0.170 e. The predicted molar refractivity (Wildman–Crippen MR) is 118 cm³/mol. The molecule has 0 aliphatic carbocycles. The third kappa shape index (κ3) is 4.69. The van der Waals surface area contributed by atoms with E-state index in [4.69, 9.17) is 14.7 Å². The Hall–Kier alpha value is -3.58. The number of hydrogen-bond donors (Lipinski definition) is 0. The van der Waals surface area contributed by atoms with Crippen molar-refractivity contribution >= 4 is 6.08 Å². The molecule has 0 aliphatic heterocycles. The minimum atomic E-state index is -0.313. The molecule has 3 nitrogen and oxygen atoms in total. The van der Waals surface area contributed by atoms with Crippen LogP contribution in [0.3, 0.4) is 0 Å². The lowest BCUT2D eigenvalue weighted by Crippen LogP contribution is -2.04. The van der Waals surface area contributed by atoms with Gasteiger partial charge in [0.15, 0.2) is 11.5 Å². The van der Waals surface area contributed by atoms with Crippen molar-refractivity contribution in [3.63, 3.8) is 0 Å². The summed E-state index contributed by atoms with van der Waals surface area (Å²) < 4.78 is 25.5. The first-order valence-corrected chi connectivity index (χ1v) is 9.78. The van der Waals surface area contributed by atoms with Gasteiger partial charge in [0.25, 0.3) is 0 Å². The van der Waals surface area contributed by atoms with Crippen LogP contribution in [-0.4, -0.2) is 7.11 Å². The molecule has 30 heavy (non-hydrogen) atoms. The quantitative estimate of drug-likeness (QED) is 0.412. The summed E-state index contributed by atoms with van der Waals surface area (Å²) in [6.07, 6.45) is 3.23. The third-order valence-corrected chi connectivity index (χ3v) is 4.84. The van der Waals surface area contributed by atoms with Crippen molar-refractivity contribution in [1.29, 1.82) is 5.26 Å². The molecule has 0 N–H and O–H groups in total. The lowest BCUT2D eigenvalue weighted by molar-refractivity contribution is 0.285. The van der Waals surface area contributed by atoms with Crippen LogP contribution in [0.2, 0.25) is 0 Å². The van der Waals surface area contributed by atoms with Gasteiger partial charge in [0.1, 0.15) is 12.4 Å². The number of rotatable bonds is 7. The predicted octanol–water partition coefficient (Wildman–Crippen LogP) is 6.74. The van der Waals surface area contributed by atoms with E-state index in [1.54, 1.807) is 25.3 Å². The van der Waals surface area contributed by atoms with Gasteiger partial charge in [-0.05, 0) is 52.4 Å². The molecule has 3 aromatic rings. The number of nitriles is 1. The van der Waals surface area contributed by atoms with E-state index in [0.717, 1.165) is 27.8 Å². The highest BCUT2D eigenvalue weighted by atomic mass is 19.1. The van der Waals surface area contributed by atoms with Gasteiger partial charge < -0.3 is 9.47 Å². The molecule has 152 valence electrons. The summed E-state index contributed by atoms with van der Waals surface area (Å²) >= 11 is 0. The molecule has 0 heterocycles. The second-order valence-corrected chi connectivity index (χ2v) is 7.18. The van der Waals surface area contributed by atoms with Crippen molar-refractivity contribution in [1.82, 2.24) is 0 Å². The number of halogens is 1. The number of ether oxygens (including phenoxy) is 2. The second-order valence-electron chi connectivity index (χ2n) is 7.18. The van der Waals surface area contributed by atoms with E-state index in [2.05, 4.69) is 19.9 Å². The van der Waals surface area contributed by atoms with Gasteiger partial charge in [0.05, 0.1) is 13.2 Å². The molecule has 0 aliphatic rings. The van der Waals surface area contributed by atoms with Crippen LogP contribution < -0.4 is 9.47 Å². The lowest BCUT2D eigenvalue weighted by atomic mass is 9.88. The maximum atomic E-state index is 13.6. The Bertz CT molecular complexity index is 1060. The number of hydrogen-bond acceptors (Lipinski definition) is 3. The topological polar surface area (TPSA) is 42.2 Å². The van der Waals surface area contributed by atoms with Crippen molar-refractivity contribution in [2.24, 2.45) is 0 Å². The Balaban J connectivity index is 2.25. The number of methoxy groups -OCH3 is 1. The minimum absolute atomic E-state index is 0.180. The SMILES string of the molecule is COc1cc(C(C)C)c(C=CC#N)c(-c2ccc(F)cc2)c1OCc1ccccc1. The zero-order valence-electron chi connectivity index (χ0n) is 17.4. The fourth-order valence-electron chi connectivity index (χ4n) is 3.38. The maximum absolute atomic E-state index is 13.6. The van der Waals surface area contributed by atoms with Gasteiger partial charge in [-0.2, -0.15) is 5.26 Å². The van der Waals surface area contributed by atoms with Crippen LogP contribution in [0.5, 0.6) is 11.5 Å². The summed E-state index contributed by atoms with van der Waals surface area (Å²) in [5.41, 5.74) is 4.47. The summed E-state index contributed by atoms with van der Waals surface area (Å²) in [5.74, 6) is 1.03. The zero-order chi connectivity index (χ0) is 21.5. The molecule has 0 aromatic heterocycles. The largest absolute Gasteiger partial charge is 0.493 e. The molecule has 0 bridgehead atoms. The Morgan fingerprint density at radius 3 is 2.37 bits per heavy atom. The molecular weight excluding hydrogens is 377 g/mol. The van der Waals surface area contributed by atoms with E-state index in [1.165, 1.54) is 18.2 Å². The van der Waals surface area contributed by atoms with Crippen LogP contribution in [0.15, 0.2) is 66.7 Å². The van der Waals surface area contributed by atoms with Crippen LogP contribution >= 0.6 is 0 Å². The molecule has 0 radical (unpaired) electrons. The highest BCUT2D eigenvalue weighted by Crippen LogP contribution is 2.45. The van der Waals surface area contributed by atoms with E-state index in [-0.39, 0.29) is 11.7 Å². The van der Waals surface area contributed by atoms with Crippen molar-refractivity contribution in [2.45, 2.75) is 26.4 Å². The first-order valence-electron chi connectivity index (χ1n) is 9.78. The van der Waals surface area contributed by atoms with E-state index in [0.29, 0.717) is 18.1 Å². The molecule has 3 aromatic carbocycles. The van der Waals surface area contributed by atoms with Gasteiger partial charge in [-0.25, -0.2) is 4.39 Å². The fraction of sp³-hybridized carbons (Fsp3) is 0.192. The minimum Gasteiger partial charge on any atom is -0.493 e. The standard InChI is InChI=1S/C26H24FNO2/c1-18(2)23-16-24(29-3)26(30-17-19-8-5-4-6-9-19)25(22(23)10-7-15-28)20-11-13-21(27)14-12-20/h4-14,16,18H,17H2,1-3H3. The van der Waals surface area contributed by atoms with Gasteiger partial charge in [-0.1, -0.05) is 56.3 Å². The Morgan fingerprint density at radius 2 is 1.77 bits per heavy atom. The molecule has 0 spiro atoms. The van der Waals surface area contributed by atoms with Crippen LogP contribution in [0.1, 0.15) is 36.5 Å².